The number of benzene rings is 2. The Morgan fingerprint density at radius 1 is 1.04 bits per heavy atom. The van der Waals surface area contributed by atoms with Crippen LogP contribution in [0.25, 0.3) is 0 Å². The van der Waals surface area contributed by atoms with Crippen molar-refractivity contribution in [1.29, 1.82) is 0 Å². The smallest absolute Gasteiger partial charge is 0.236 e. The zero-order valence-corrected chi connectivity index (χ0v) is 18.3. The molecular weight excluding hydrogens is 466 g/mol. The first-order valence-electron chi connectivity index (χ1n) is 7.67. The summed E-state index contributed by atoms with van der Waals surface area (Å²) in [5, 5.41) is 5.68. The van der Waals surface area contributed by atoms with Gasteiger partial charge in [-0.15, -0.1) is 23.1 Å². The zero-order chi connectivity index (χ0) is 19.4. The van der Waals surface area contributed by atoms with Gasteiger partial charge in [-0.25, -0.2) is 4.98 Å². The van der Waals surface area contributed by atoms with E-state index in [0.717, 1.165) is 15.3 Å². The van der Waals surface area contributed by atoms with Crippen molar-refractivity contribution in [3.8, 4) is 0 Å². The normalized spacial score (nSPS) is 10.8. The molecule has 0 bridgehead atoms. The fourth-order valence-electron chi connectivity index (χ4n) is 2.19. The number of amides is 1. The molecule has 0 aliphatic heterocycles. The van der Waals surface area contributed by atoms with Gasteiger partial charge >= 0.3 is 0 Å². The first-order chi connectivity index (χ1) is 12.9. The summed E-state index contributed by atoms with van der Waals surface area (Å²) in [5.41, 5.74) is 0.953. The molecule has 0 aliphatic rings. The van der Waals surface area contributed by atoms with Crippen LogP contribution in [0.3, 0.4) is 0 Å². The number of hydrogen-bond donors (Lipinski definition) is 1. The monoisotopic (exact) mass is 476 g/mol. The van der Waals surface area contributed by atoms with Crippen molar-refractivity contribution in [1.82, 2.24) is 4.98 Å². The molecule has 3 nitrogen and oxygen atoms in total. The van der Waals surface area contributed by atoms with Crippen molar-refractivity contribution in [2.24, 2.45) is 0 Å². The maximum atomic E-state index is 12.2. The van der Waals surface area contributed by atoms with E-state index in [1.54, 1.807) is 36.5 Å². The fourth-order valence-corrected chi connectivity index (χ4v) is 4.81. The molecule has 9 heteroatoms. The van der Waals surface area contributed by atoms with E-state index < -0.39 is 0 Å². The lowest BCUT2D eigenvalue weighted by Crippen LogP contribution is -2.13. The Labute approximate surface area is 185 Å². The minimum absolute atomic E-state index is 0.165. The third-order valence-corrected chi connectivity index (χ3v) is 6.66. The van der Waals surface area contributed by atoms with E-state index in [1.165, 1.54) is 23.1 Å². The first kappa shape index (κ1) is 20.8. The number of nitrogens with zero attached hydrogens (tertiary/aromatic N) is 1. The van der Waals surface area contributed by atoms with Gasteiger partial charge in [0.1, 0.15) is 0 Å². The highest BCUT2D eigenvalue weighted by molar-refractivity contribution is 8.00. The van der Waals surface area contributed by atoms with Gasteiger partial charge in [0, 0.05) is 37.5 Å². The molecule has 0 saturated carbocycles. The van der Waals surface area contributed by atoms with E-state index in [1.807, 2.05) is 6.07 Å². The molecule has 0 atom stereocenters. The molecule has 0 fully saturated rings. The summed E-state index contributed by atoms with van der Waals surface area (Å²) in [6.07, 6.45) is 2.35. The molecule has 3 aromatic rings. The number of carbonyl (C=O) groups excluding carboxylic acids is 1. The average molecular weight is 478 g/mol. The second-order valence-electron chi connectivity index (χ2n) is 5.46. The van der Waals surface area contributed by atoms with E-state index >= 15 is 0 Å². The molecule has 0 aliphatic carbocycles. The van der Waals surface area contributed by atoms with E-state index in [2.05, 4.69) is 10.3 Å². The maximum Gasteiger partial charge on any atom is 0.236 e. The van der Waals surface area contributed by atoms with E-state index in [0.29, 0.717) is 31.6 Å². The number of thioether (sulfide) groups is 1. The van der Waals surface area contributed by atoms with Crippen LogP contribution >= 0.6 is 69.5 Å². The number of rotatable bonds is 6. The Kier molecular flexibility index (Phi) is 7.31. The highest BCUT2D eigenvalue weighted by Crippen LogP contribution is 2.30. The van der Waals surface area contributed by atoms with Crippen LogP contribution < -0.4 is 5.32 Å². The van der Waals surface area contributed by atoms with E-state index in [4.69, 9.17) is 46.4 Å². The van der Waals surface area contributed by atoms with Gasteiger partial charge in [0.05, 0.1) is 10.8 Å². The van der Waals surface area contributed by atoms with Crippen LogP contribution in [-0.2, 0) is 11.2 Å². The van der Waals surface area contributed by atoms with Gasteiger partial charge in [0.25, 0.3) is 0 Å². The number of carbonyl (C=O) groups is 1. The third kappa shape index (κ3) is 6.01. The topological polar surface area (TPSA) is 42.0 Å². The summed E-state index contributed by atoms with van der Waals surface area (Å²) in [5.74, 6) is 0.0410. The zero-order valence-electron chi connectivity index (χ0n) is 13.6. The van der Waals surface area contributed by atoms with Crippen molar-refractivity contribution in [3.63, 3.8) is 0 Å². The number of anilines is 1. The summed E-state index contributed by atoms with van der Waals surface area (Å²) in [7, 11) is 0. The number of nitrogens with one attached hydrogen (secondary N) is 1. The molecule has 1 amide bonds. The van der Waals surface area contributed by atoms with Crippen LogP contribution in [0.4, 0.5) is 5.13 Å². The van der Waals surface area contributed by atoms with Crippen molar-refractivity contribution in [3.05, 3.63) is 73.1 Å². The predicted octanol–water partition coefficient (Wildman–Crippen LogP) is 7.08. The summed E-state index contributed by atoms with van der Waals surface area (Å²) in [6, 6.07) is 10.5. The number of aromatic nitrogens is 1. The van der Waals surface area contributed by atoms with Gasteiger partial charge in [0.2, 0.25) is 5.91 Å². The van der Waals surface area contributed by atoms with Gasteiger partial charge in [0.15, 0.2) is 5.13 Å². The molecule has 2 aromatic carbocycles. The summed E-state index contributed by atoms with van der Waals surface area (Å²) >= 11 is 26.9. The van der Waals surface area contributed by atoms with Crippen LogP contribution in [0.1, 0.15) is 10.4 Å². The van der Waals surface area contributed by atoms with Crippen LogP contribution in [0.15, 0.2) is 47.5 Å². The van der Waals surface area contributed by atoms with Crippen LogP contribution in [0, 0.1) is 0 Å². The molecule has 1 N–H and O–H groups in total. The van der Waals surface area contributed by atoms with E-state index in [-0.39, 0.29) is 11.7 Å². The highest BCUT2D eigenvalue weighted by Gasteiger charge is 2.11. The van der Waals surface area contributed by atoms with Crippen molar-refractivity contribution in [2.75, 3.05) is 11.1 Å². The SMILES string of the molecule is O=C(CSc1cc(Cl)ccc1Cl)Nc1ncc(Cc2ccc(Cl)cc2Cl)s1. The minimum Gasteiger partial charge on any atom is -0.301 e. The molecule has 1 aromatic heterocycles. The molecule has 1 heterocycles. The number of halogens is 4. The fraction of sp³-hybridized carbons (Fsp3) is 0.111. The summed E-state index contributed by atoms with van der Waals surface area (Å²) < 4.78 is 0. The van der Waals surface area contributed by atoms with Crippen molar-refractivity contribution in [2.45, 2.75) is 11.3 Å². The third-order valence-electron chi connectivity index (χ3n) is 3.43. The van der Waals surface area contributed by atoms with Gasteiger partial charge in [-0.3, -0.25) is 4.79 Å². The largest absolute Gasteiger partial charge is 0.301 e. The van der Waals surface area contributed by atoms with Crippen LogP contribution in [-0.4, -0.2) is 16.6 Å². The Morgan fingerprint density at radius 3 is 2.56 bits per heavy atom. The molecule has 140 valence electrons. The Balaban J connectivity index is 1.57. The molecular formula is C18H12Cl4N2OS2. The average Bonchev–Trinajstić information content (AvgIpc) is 3.05. The molecule has 0 saturated heterocycles. The van der Waals surface area contributed by atoms with Gasteiger partial charge in [-0.1, -0.05) is 52.5 Å². The number of thiazole rings is 1. The Bertz CT molecular complexity index is 978. The molecule has 3 rings (SSSR count). The van der Waals surface area contributed by atoms with Crippen molar-refractivity contribution < 1.29 is 4.79 Å². The quantitative estimate of drug-likeness (QED) is 0.385. The maximum absolute atomic E-state index is 12.2. The molecule has 0 spiro atoms. The van der Waals surface area contributed by atoms with E-state index in [9.17, 15) is 4.79 Å². The summed E-state index contributed by atoms with van der Waals surface area (Å²) in [6.45, 7) is 0. The standard InChI is InChI=1S/C18H12Cl4N2OS2/c19-11-2-1-10(15(22)6-11)5-13-8-23-18(27-13)24-17(25)9-26-16-7-12(20)3-4-14(16)21/h1-4,6-8H,5,9H2,(H,23,24,25). The highest BCUT2D eigenvalue weighted by atomic mass is 35.5. The summed E-state index contributed by atoms with van der Waals surface area (Å²) in [4.78, 5) is 18.2. The molecule has 0 unspecified atom stereocenters. The minimum atomic E-state index is -0.165. The Morgan fingerprint density at radius 2 is 1.78 bits per heavy atom. The second kappa shape index (κ2) is 9.50. The molecule has 27 heavy (non-hydrogen) atoms. The first-order valence-corrected chi connectivity index (χ1v) is 11.0. The predicted molar refractivity (Wildman–Crippen MR) is 117 cm³/mol. The second-order valence-corrected chi connectivity index (χ2v) is 9.28. The Hall–Kier alpha value is -0.950. The van der Waals surface area contributed by atoms with Crippen LogP contribution in [0.5, 0.6) is 0 Å². The lowest BCUT2D eigenvalue weighted by molar-refractivity contribution is -0.113. The van der Waals surface area contributed by atoms with Crippen LogP contribution in [0.2, 0.25) is 20.1 Å². The van der Waals surface area contributed by atoms with Gasteiger partial charge in [-0.2, -0.15) is 0 Å². The number of hydrogen-bond acceptors (Lipinski definition) is 4. The van der Waals surface area contributed by atoms with Gasteiger partial charge in [-0.05, 0) is 35.9 Å². The van der Waals surface area contributed by atoms with Gasteiger partial charge < -0.3 is 5.32 Å². The van der Waals surface area contributed by atoms with Crippen molar-refractivity contribution >= 4 is 80.5 Å². The lowest BCUT2D eigenvalue weighted by Gasteiger charge is -2.05. The lowest BCUT2D eigenvalue weighted by atomic mass is 10.1. The molecule has 0 radical (unpaired) electrons.